The number of likely N-dealkylation sites (N-methyl/N-ethyl adjacent to an activating group) is 1. The maximum absolute atomic E-state index is 9.55. The van der Waals surface area contributed by atoms with E-state index in [9.17, 15) is 5.11 Å². The zero-order chi connectivity index (χ0) is 14.1. The van der Waals surface area contributed by atoms with Crippen LogP contribution in [0, 0.1) is 0 Å². The lowest BCUT2D eigenvalue weighted by atomic mass is 10.0. The first-order valence-electron chi connectivity index (χ1n) is 7.03. The van der Waals surface area contributed by atoms with E-state index in [1.54, 1.807) is 0 Å². The van der Waals surface area contributed by atoms with Crippen LogP contribution in [0.3, 0.4) is 0 Å². The Balaban J connectivity index is 2.38. The lowest BCUT2D eigenvalue weighted by Crippen LogP contribution is -2.53. The summed E-state index contributed by atoms with van der Waals surface area (Å²) in [6.45, 7) is 7.13. The average molecular weight is 265 g/mol. The minimum Gasteiger partial charge on any atom is -0.394 e. The number of nitrogens with zero attached hydrogens (tertiary/aromatic N) is 2. The van der Waals surface area contributed by atoms with Gasteiger partial charge in [-0.2, -0.15) is 0 Å². The molecule has 1 rings (SSSR count). The van der Waals surface area contributed by atoms with Crippen LogP contribution in [-0.4, -0.2) is 53.8 Å². The number of pyridine rings is 1. The molecule has 1 unspecified atom stereocenters. The molecule has 0 aromatic carbocycles. The highest BCUT2D eigenvalue weighted by atomic mass is 16.3. The van der Waals surface area contributed by atoms with Crippen LogP contribution < -0.4 is 5.32 Å². The van der Waals surface area contributed by atoms with E-state index in [-0.39, 0.29) is 12.1 Å². The predicted molar refractivity (Wildman–Crippen MR) is 79.2 cm³/mol. The Labute approximate surface area is 116 Å². The van der Waals surface area contributed by atoms with Crippen molar-refractivity contribution in [2.45, 2.75) is 32.2 Å². The molecule has 0 spiro atoms. The van der Waals surface area contributed by atoms with E-state index >= 15 is 0 Å². The maximum atomic E-state index is 9.55. The van der Waals surface area contributed by atoms with Crippen LogP contribution in [-0.2, 0) is 6.42 Å². The number of hydrogen-bond donors (Lipinski definition) is 2. The van der Waals surface area contributed by atoms with Crippen LogP contribution >= 0.6 is 0 Å². The topological polar surface area (TPSA) is 48.4 Å². The lowest BCUT2D eigenvalue weighted by molar-refractivity contribution is 0.133. The Hall–Kier alpha value is -0.970. The molecule has 0 saturated carbocycles. The third-order valence-corrected chi connectivity index (χ3v) is 3.30. The zero-order valence-electron chi connectivity index (χ0n) is 12.4. The zero-order valence-corrected chi connectivity index (χ0v) is 12.4. The second-order valence-electron chi connectivity index (χ2n) is 5.49. The number of rotatable bonds is 9. The normalized spacial score (nSPS) is 14.6. The number of aliphatic hydroxyl groups excluding tert-OH is 1. The highest BCUT2D eigenvalue weighted by Gasteiger charge is 2.23. The van der Waals surface area contributed by atoms with Gasteiger partial charge >= 0.3 is 0 Å². The Morgan fingerprint density at radius 3 is 2.63 bits per heavy atom. The molecule has 0 saturated heterocycles. The molecule has 2 N–H and O–H groups in total. The first-order valence-corrected chi connectivity index (χ1v) is 7.03. The summed E-state index contributed by atoms with van der Waals surface area (Å²) < 4.78 is 0. The van der Waals surface area contributed by atoms with Gasteiger partial charge in [-0.3, -0.25) is 4.98 Å². The molecular formula is C15H27N3O. The van der Waals surface area contributed by atoms with E-state index in [4.69, 9.17) is 0 Å². The fourth-order valence-corrected chi connectivity index (χ4v) is 2.13. The summed E-state index contributed by atoms with van der Waals surface area (Å²) in [5, 5.41) is 13.0. The smallest absolute Gasteiger partial charge is 0.0623 e. The third kappa shape index (κ3) is 6.14. The van der Waals surface area contributed by atoms with Crippen molar-refractivity contribution < 1.29 is 5.11 Å². The van der Waals surface area contributed by atoms with Crippen molar-refractivity contribution in [1.82, 2.24) is 15.2 Å². The second kappa shape index (κ2) is 8.25. The first-order chi connectivity index (χ1) is 9.09. The standard InChI is InChI=1S/C15H27N3O/c1-4-8-17-15(2,13-19)12-18(3)11-7-14-5-9-16-10-6-14/h5-6,9-10,17,19H,4,7-8,11-13H2,1-3H3. The van der Waals surface area contributed by atoms with Crippen LogP contribution in [0.15, 0.2) is 24.5 Å². The fourth-order valence-electron chi connectivity index (χ4n) is 2.13. The maximum Gasteiger partial charge on any atom is 0.0623 e. The number of nitrogens with one attached hydrogen (secondary N) is 1. The summed E-state index contributed by atoms with van der Waals surface area (Å²) >= 11 is 0. The van der Waals surface area contributed by atoms with Crippen LogP contribution in [0.25, 0.3) is 0 Å². The van der Waals surface area contributed by atoms with Crippen molar-refractivity contribution in [2.24, 2.45) is 0 Å². The molecule has 1 aromatic rings. The first kappa shape index (κ1) is 16.1. The van der Waals surface area contributed by atoms with Gasteiger partial charge in [0, 0.05) is 25.5 Å². The van der Waals surface area contributed by atoms with Crippen molar-refractivity contribution in [2.75, 3.05) is 33.3 Å². The molecule has 108 valence electrons. The van der Waals surface area contributed by atoms with Gasteiger partial charge in [-0.1, -0.05) is 6.92 Å². The Morgan fingerprint density at radius 1 is 1.37 bits per heavy atom. The van der Waals surface area contributed by atoms with E-state index < -0.39 is 0 Å². The van der Waals surface area contributed by atoms with E-state index in [0.29, 0.717) is 0 Å². The van der Waals surface area contributed by atoms with Gasteiger partial charge in [0.1, 0.15) is 0 Å². The molecule has 0 radical (unpaired) electrons. The van der Waals surface area contributed by atoms with Crippen molar-refractivity contribution in [3.63, 3.8) is 0 Å². The molecule has 4 nitrogen and oxygen atoms in total. The van der Waals surface area contributed by atoms with E-state index in [0.717, 1.165) is 32.5 Å². The van der Waals surface area contributed by atoms with Crippen molar-refractivity contribution in [3.05, 3.63) is 30.1 Å². The summed E-state index contributed by atoms with van der Waals surface area (Å²) in [4.78, 5) is 6.29. The fraction of sp³-hybridized carbons (Fsp3) is 0.667. The van der Waals surface area contributed by atoms with Gasteiger partial charge in [-0.25, -0.2) is 0 Å². The third-order valence-electron chi connectivity index (χ3n) is 3.30. The Morgan fingerprint density at radius 2 is 2.05 bits per heavy atom. The minimum atomic E-state index is -0.219. The summed E-state index contributed by atoms with van der Waals surface area (Å²) in [7, 11) is 2.10. The van der Waals surface area contributed by atoms with Gasteiger partial charge < -0.3 is 15.3 Å². The molecule has 0 amide bonds. The summed E-state index contributed by atoms with van der Waals surface area (Å²) in [5.74, 6) is 0. The minimum absolute atomic E-state index is 0.159. The molecule has 1 heterocycles. The molecule has 0 aliphatic carbocycles. The number of hydrogen-bond acceptors (Lipinski definition) is 4. The average Bonchev–Trinajstić information content (AvgIpc) is 2.44. The highest BCUT2D eigenvalue weighted by Crippen LogP contribution is 2.06. The van der Waals surface area contributed by atoms with Crippen LogP contribution in [0.1, 0.15) is 25.8 Å². The Kier molecular flexibility index (Phi) is 6.99. The lowest BCUT2D eigenvalue weighted by Gasteiger charge is -2.33. The van der Waals surface area contributed by atoms with E-state index in [1.165, 1.54) is 5.56 Å². The quantitative estimate of drug-likeness (QED) is 0.707. The second-order valence-corrected chi connectivity index (χ2v) is 5.49. The van der Waals surface area contributed by atoms with Gasteiger partial charge in [0.15, 0.2) is 0 Å². The number of aliphatic hydroxyl groups is 1. The molecule has 4 heteroatoms. The predicted octanol–water partition coefficient (Wildman–Crippen LogP) is 1.31. The largest absolute Gasteiger partial charge is 0.394 e. The molecule has 0 bridgehead atoms. The van der Waals surface area contributed by atoms with Gasteiger partial charge in [0.05, 0.1) is 12.1 Å². The monoisotopic (exact) mass is 265 g/mol. The van der Waals surface area contributed by atoms with E-state index in [2.05, 4.69) is 48.2 Å². The molecule has 0 aliphatic heterocycles. The van der Waals surface area contributed by atoms with Crippen molar-refractivity contribution in [3.8, 4) is 0 Å². The summed E-state index contributed by atoms with van der Waals surface area (Å²) in [5.41, 5.74) is 1.08. The van der Waals surface area contributed by atoms with Gasteiger partial charge in [0.2, 0.25) is 0 Å². The SMILES string of the molecule is CCCNC(C)(CO)CN(C)CCc1ccncc1. The number of aromatic nitrogens is 1. The molecule has 19 heavy (non-hydrogen) atoms. The molecule has 0 aliphatic rings. The molecule has 1 atom stereocenters. The molecular weight excluding hydrogens is 238 g/mol. The summed E-state index contributed by atoms with van der Waals surface area (Å²) in [6.07, 6.45) is 5.75. The van der Waals surface area contributed by atoms with Crippen molar-refractivity contribution >= 4 is 0 Å². The van der Waals surface area contributed by atoms with Crippen molar-refractivity contribution in [1.29, 1.82) is 0 Å². The summed E-state index contributed by atoms with van der Waals surface area (Å²) in [6, 6.07) is 4.10. The van der Waals surface area contributed by atoms with Crippen LogP contribution in [0.4, 0.5) is 0 Å². The Bertz CT molecular complexity index is 345. The van der Waals surface area contributed by atoms with Gasteiger partial charge in [0.25, 0.3) is 0 Å². The van der Waals surface area contributed by atoms with Gasteiger partial charge in [-0.05, 0) is 51.1 Å². The molecule has 1 aromatic heterocycles. The van der Waals surface area contributed by atoms with Gasteiger partial charge in [-0.15, -0.1) is 0 Å². The molecule has 0 fully saturated rings. The van der Waals surface area contributed by atoms with Crippen LogP contribution in [0.5, 0.6) is 0 Å². The highest BCUT2D eigenvalue weighted by molar-refractivity contribution is 5.09. The van der Waals surface area contributed by atoms with Crippen LogP contribution in [0.2, 0.25) is 0 Å². The van der Waals surface area contributed by atoms with E-state index in [1.807, 2.05) is 12.4 Å².